The SMILES string of the molecule is Cc1cnn(-c2ccncc2)c1NC(=O)C(C)(F)c1ccc(C#N)cc1F. The Morgan fingerprint density at radius 1 is 1.30 bits per heavy atom. The topological polar surface area (TPSA) is 83.6 Å². The lowest BCUT2D eigenvalue weighted by Crippen LogP contribution is -2.35. The maximum absolute atomic E-state index is 15.2. The fourth-order valence-electron chi connectivity index (χ4n) is 2.58. The molecule has 8 heteroatoms. The number of carbonyl (C=O) groups is 1. The van der Waals surface area contributed by atoms with Crippen molar-refractivity contribution in [2.24, 2.45) is 0 Å². The van der Waals surface area contributed by atoms with Gasteiger partial charge in [0.25, 0.3) is 5.91 Å². The molecule has 2 heterocycles. The van der Waals surface area contributed by atoms with Crippen molar-refractivity contribution in [2.45, 2.75) is 19.5 Å². The number of amides is 1. The minimum Gasteiger partial charge on any atom is -0.307 e. The number of hydrogen-bond donors (Lipinski definition) is 1. The number of nitriles is 1. The van der Waals surface area contributed by atoms with Gasteiger partial charge in [-0.05, 0) is 38.1 Å². The summed E-state index contributed by atoms with van der Waals surface area (Å²) in [5.74, 6) is -1.75. The average molecular weight is 367 g/mol. The van der Waals surface area contributed by atoms with Crippen LogP contribution in [-0.4, -0.2) is 20.7 Å². The molecule has 0 bridgehead atoms. The number of pyridine rings is 1. The Labute approximate surface area is 154 Å². The van der Waals surface area contributed by atoms with Crippen molar-refractivity contribution in [1.29, 1.82) is 5.26 Å². The molecule has 3 aromatic rings. The smallest absolute Gasteiger partial charge is 0.267 e. The summed E-state index contributed by atoms with van der Waals surface area (Å²) in [4.78, 5) is 16.5. The summed E-state index contributed by atoms with van der Waals surface area (Å²) < 4.78 is 30.8. The van der Waals surface area contributed by atoms with Crippen molar-refractivity contribution >= 4 is 11.7 Å². The van der Waals surface area contributed by atoms with E-state index in [1.165, 1.54) is 16.9 Å². The summed E-state index contributed by atoms with van der Waals surface area (Å²) in [5.41, 5.74) is -1.84. The van der Waals surface area contributed by atoms with E-state index in [1.807, 2.05) is 0 Å². The third-order valence-electron chi connectivity index (χ3n) is 4.12. The minimum atomic E-state index is -2.65. The van der Waals surface area contributed by atoms with Crippen LogP contribution in [0.25, 0.3) is 5.69 Å². The number of hydrogen-bond acceptors (Lipinski definition) is 4. The third kappa shape index (κ3) is 3.40. The van der Waals surface area contributed by atoms with Gasteiger partial charge in [-0.3, -0.25) is 9.78 Å². The first-order valence-electron chi connectivity index (χ1n) is 8.00. The number of halogens is 2. The Balaban J connectivity index is 1.94. The molecule has 1 unspecified atom stereocenters. The van der Waals surface area contributed by atoms with Crippen LogP contribution in [0.3, 0.4) is 0 Å². The first-order chi connectivity index (χ1) is 12.8. The molecule has 1 atom stereocenters. The molecule has 1 aromatic carbocycles. The molecule has 0 spiro atoms. The van der Waals surface area contributed by atoms with Gasteiger partial charge < -0.3 is 5.32 Å². The number of aryl methyl sites for hydroxylation is 1. The molecule has 27 heavy (non-hydrogen) atoms. The van der Waals surface area contributed by atoms with Gasteiger partial charge in [-0.2, -0.15) is 10.4 Å². The van der Waals surface area contributed by atoms with Crippen LogP contribution in [-0.2, 0) is 10.5 Å². The molecule has 0 radical (unpaired) electrons. The zero-order valence-electron chi connectivity index (χ0n) is 14.6. The predicted molar refractivity (Wildman–Crippen MR) is 94.3 cm³/mol. The first kappa shape index (κ1) is 18.2. The number of rotatable bonds is 4. The lowest BCUT2D eigenvalue weighted by molar-refractivity contribution is -0.127. The Hall–Kier alpha value is -3.60. The van der Waals surface area contributed by atoms with Crippen LogP contribution >= 0.6 is 0 Å². The normalized spacial score (nSPS) is 12.9. The Morgan fingerprint density at radius 2 is 2.00 bits per heavy atom. The highest BCUT2D eigenvalue weighted by atomic mass is 19.1. The van der Waals surface area contributed by atoms with Gasteiger partial charge in [0, 0.05) is 23.5 Å². The average Bonchev–Trinajstić information content (AvgIpc) is 3.02. The van der Waals surface area contributed by atoms with E-state index < -0.39 is 23.0 Å². The molecule has 136 valence electrons. The minimum absolute atomic E-state index is 0.0408. The number of benzene rings is 1. The molecular weight excluding hydrogens is 352 g/mol. The number of carbonyl (C=O) groups excluding carboxylic acids is 1. The molecule has 3 rings (SSSR count). The van der Waals surface area contributed by atoms with Gasteiger partial charge in [-0.25, -0.2) is 13.5 Å². The second kappa shape index (κ2) is 6.96. The maximum atomic E-state index is 15.2. The molecule has 0 saturated carbocycles. The van der Waals surface area contributed by atoms with Crippen LogP contribution in [0, 0.1) is 24.1 Å². The van der Waals surface area contributed by atoms with Crippen molar-refractivity contribution in [2.75, 3.05) is 5.32 Å². The standard InChI is InChI=1S/C19H15F2N5O/c1-12-11-24-26(14-5-7-23-8-6-14)17(12)25-18(27)19(2,21)15-4-3-13(10-22)9-16(15)20/h3-9,11H,1-2H3,(H,25,27). The molecule has 0 fully saturated rings. The summed E-state index contributed by atoms with van der Waals surface area (Å²) in [6.45, 7) is 2.67. The van der Waals surface area contributed by atoms with E-state index in [-0.39, 0.29) is 11.4 Å². The van der Waals surface area contributed by atoms with Crippen molar-refractivity contribution in [3.05, 3.63) is 71.4 Å². The largest absolute Gasteiger partial charge is 0.307 e. The van der Waals surface area contributed by atoms with Crippen LogP contribution in [0.5, 0.6) is 0 Å². The molecule has 1 N–H and O–H groups in total. The fourth-order valence-corrected chi connectivity index (χ4v) is 2.58. The van der Waals surface area contributed by atoms with E-state index in [0.29, 0.717) is 11.3 Å². The Morgan fingerprint density at radius 3 is 2.63 bits per heavy atom. The van der Waals surface area contributed by atoms with Gasteiger partial charge in [0.05, 0.1) is 23.5 Å². The highest BCUT2D eigenvalue weighted by Crippen LogP contribution is 2.31. The molecule has 6 nitrogen and oxygen atoms in total. The zero-order valence-corrected chi connectivity index (χ0v) is 14.6. The van der Waals surface area contributed by atoms with E-state index in [2.05, 4.69) is 15.4 Å². The summed E-state index contributed by atoms with van der Waals surface area (Å²) in [6, 6.07) is 8.37. The van der Waals surface area contributed by atoms with Crippen LogP contribution in [0.15, 0.2) is 48.9 Å². The van der Waals surface area contributed by atoms with Gasteiger partial charge in [-0.1, -0.05) is 6.07 Å². The third-order valence-corrected chi connectivity index (χ3v) is 4.12. The second-order valence-corrected chi connectivity index (χ2v) is 6.06. The maximum Gasteiger partial charge on any atom is 0.267 e. The quantitative estimate of drug-likeness (QED) is 0.766. The van der Waals surface area contributed by atoms with Crippen molar-refractivity contribution in [3.63, 3.8) is 0 Å². The van der Waals surface area contributed by atoms with Gasteiger partial charge >= 0.3 is 0 Å². The fraction of sp³-hybridized carbons (Fsp3) is 0.158. The lowest BCUT2D eigenvalue weighted by Gasteiger charge is -2.21. The molecule has 0 aliphatic heterocycles. The summed E-state index contributed by atoms with van der Waals surface area (Å²) in [5, 5.41) is 15.5. The van der Waals surface area contributed by atoms with E-state index in [1.54, 1.807) is 37.5 Å². The predicted octanol–water partition coefficient (Wildman–Crippen LogP) is 3.41. The molecule has 0 aliphatic rings. The molecular formula is C19H15F2N5O. The highest BCUT2D eigenvalue weighted by Gasteiger charge is 2.38. The summed E-state index contributed by atoms with van der Waals surface area (Å²) in [6.07, 6.45) is 4.64. The molecule has 0 aliphatic carbocycles. The van der Waals surface area contributed by atoms with Gasteiger partial charge in [0.15, 0.2) is 0 Å². The summed E-state index contributed by atoms with van der Waals surface area (Å²) >= 11 is 0. The Bertz CT molecular complexity index is 1040. The van der Waals surface area contributed by atoms with E-state index in [9.17, 15) is 9.18 Å². The molecule has 0 saturated heterocycles. The van der Waals surface area contributed by atoms with Crippen LogP contribution < -0.4 is 5.32 Å². The van der Waals surface area contributed by atoms with E-state index in [0.717, 1.165) is 19.1 Å². The summed E-state index contributed by atoms with van der Waals surface area (Å²) in [7, 11) is 0. The number of aromatic nitrogens is 3. The van der Waals surface area contributed by atoms with Crippen LogP contribution in [0.1, 0.15) is 23.6 Å². The van der Waals surface area contributed by atoms with Crippen molar-refractivity contribution in [1.82, 2.24) is 14.8 Å². The highest BCUT2D eigenvalue weighted by molar-refractivity contribution is 5.97. The van der Waals surface area contributed by atoms with E-state index in [4.69, 9.17) is 5.26 Å². The van der Waals surface area contributed by atoms with Crippen LogP contribution in [0.2, 0.25) is 0 Å². The van der Waals surface area contributed by atoms with Crippen LogP contribution in [0.4, 0.5) is 14.6 Å². The second-order valence-electron chi connectivity index (χ2n) is 6.06. The zero-order chi connectivity index (χ0) is 19.6. The molecule has 2 aromatic heterocycles. The number of anilines is 1. The Kier molecular flexibility index (Phi) is 4.69. The monoisotopic (exact) mass is 367 g/mol. The van der Waals surface area contributed by atoms with Gasteiger partial charge in [0.2, 0.25) is 5.67 Å². The molecule has 1 amide bonds. The van der Waals surface area contributed by atoms with E-state index >= 15 is 4.39 Å². The number of alkyl halides is 1. The first-order valence-corrected chi connectivity index (χ1v) is 8.00. The lowest BCUT2D eigenvalue weighted by atomic mass is 9.95. The van der Waals surface area contributed by atoms with Crippen molar-refractivity contribution < 1.29 is 13.6 Å². The number of nitrogens with zero attached hydrogens (tertiary/aromatic N) is 4. The van der Waals surface area contributed by atoms with Crippen molar-refractivity contribution in [3.8, 4) is 11.8 Å². The van der Waals surface area contributed by atoms with Gasteiger partial charge in [0.1, 0.15) is 11.6 Å². The van der Waals surface area contributed by atoms with Gasteiger partial charge in [-0.15, -0.1) is 0 Å². The number of nitrogens with one attached hydrogen (secondary N) is 1.